The number of halogens is 1. The molecule has 1 aromatic heterocycles. The number of fused-ring (bicyclic) bond motifs is 3. The molecule has 0 spiro atoms. The van der Waals surface area contributed by atoms with Crippen molar-refractivity contribution >= 4 is 11.9 Å². The number of aryl methyl sites for hydroxylation is 1. The molecular formula is C24H19FN2O3. The number of benzene rings is 2. The minimum Gasteiger partial charge on any atom is -0.478 e. The van der Waals surface area contributed by atoms with Crippen LogP contribution in [-0.2, 0) is 13.1 Å². The summed E-state index contributed by atoms with van der Waals surface area (Å²) in [7, 11) is 0. The van der Waals surface area contributed by atoms with Gasteiger partial charge in [-0.1, -0.05) is 12.1 Å². The highest BCUT2D eigenvalue weighted by atomic mass is 19.1. The van der Waals surface area contributed by atoms with E-state index in [1.54, 1.807) is 30.6 Å². The predicted octanol–water partition coefficient (Wildman–Crippen LogP) is 4.50. The molecule has 0 saturated carbocycles. The molecule has 3 aromatic rings. The monoisotopic (exact) mass is 402 g/mol. The van der Waals surface area contributed by atoms with E-state index in [1.165, 1.54) is 12.1 Å². The molecule has 5 rings (SSSR count). The van der Waals surface area contributed by atoms with Crippen LogP contribution in [0.3, 0.4) is 0 Å². The van der Waals surface area contributed by atoms with Gasteiger partial charge in [0.25, 0.3) is 0 Å². The van der Waals surface area contributed by atoms with Gasteiger partial charge in [0.1, 0.15) is 24.0 Å². The van der Waals surface area contributed by atoms with Crippen molar-refractivity contribution in [2.24, 2.45) is 0 Å². The number of pyridine rings is 1. The van der Waals surface area contributed by atoms with Crippen molar-refractivity contribution in [2.75, 3.05) is 6.73 Å². The molecule has 2 aliphatic rings. The number of ether oxygens (including phenoxy) is 2. The molecule has 0 unspecified atom stereocenters. The van der Waals surface area contributed by atoms with E-state index in [9.17, 15) is 9.18 Å². The molecule has 0 saturated heterocycles. The SMILES string of the molecule is Cc1cc2c(c3c1C(=O)/C(=C/c1ccncc1)O3)CN(Cc1ccc(F)cc1)CO2. The molecule has 2 aromatic carbocycles. The molecule has 3 heterocycles. The summed E-state index contributed by atoms with van der Waals surface area (Å²) in [4.78, 5) is 19.1. The number of Topliss-reactive ketones (excluding diaryl/α,β-unsaturated/α-hetero) is 1. The van der Waals surface area contributed by atoms with Gasteiger partial charge in [0.05, 0.1) is 11.1 Å². The van der Waals surface area contributed by atoms with Crippen molar-refractivity contribution in [3.8, 4) is 11.5 Å². The van der Waals surface area contributed by atoms with Crippen molar-refractivity contribution in [1.82, 2.24) is 9.88 Å². The van der Waals surface area contributed by atoms with Crippen LogP contribution in [0.25, 0.3) is 6.08 Å². The molecule has 6 heteroatoms. The van der Waals surface area contributed by atoms with Gasteiger partial charge in [0.15, 0.2) is 5.76 Å². The van der Waals surface area contributed by atoms with Crippen LogP contribution in [-0.4, -0.2) is 22.4 Å². The molecule has 0 radical (unpaired) electrons. The lowest BCUT2D eigenvalue weighted by Crippen LogP contribution is -2.31. The van der Waals surface area contributed by atoms with Gasteiger partial charge < -0.3 is 9.47 Å². The summed E-state index contributed by atoms with van der Waals surface area (Å²) >= 11 is 0. The smallest absolute Gasteiger partial charge is 0.232 e. The van der Waals surface area contributed by atoms with Crippen LogP contribution in [0.1, 0.15) is 32.6 Å². The number of rotatable bonds is 3. The lowest BCUT2D eigenvalue weighted by atomic mass is 9.98. The fourth-order valence-electron chi connectivity index (χ4n) is 3.84. The van der Waals surface area contributed by atoms with Gasteiger partial charge in [-0.3, -0.25) is 14.7 Å². The average Bonchev–Trinajstić information content (AvgIpc) is 3.08. The number of carbonyl (C=O) groups is 1. The Morgan fingerprint density at radius 2 is 1.93 bits per heavy atom. The molecule has 0 aliphatic carbocycles. The lowest BCUT2D eigenvalue weighted by molar-refractivity contribution is 0.0872. The molecule has 5 nitrogen and oxygen atoms in total. The fraction of sp³-hybridized carbons (Fsp3) is 0.167. The van der Waals surface area contributed by atoms with Crippen molar-refractivity contribution in [3.63, 3.8) is 0 Å². The van der Waals surface area contributed by atoms with Crippen molar-refractivity contribution in [3.05, 3.63) is 94.3 Å². The van der Waals surface area contributed by atoms with Crippen LogP contribution in [0.5, 0.6) is 11.5 Å². The summed E-state index contributed by atoms with van der Waals surface area (Å²) in [6.07, 6.45) is 5.08. The summed E-state index contributed by atoms with van der Waals surface area (Å²) < 4.78 is 25.2. The number of nitrogens with zero attached hydrogens (tertiary/aromatic N) is 2. The second-order valence-electron chi connectivity index (χ2n) is 7.48. The van der Waals surface area contributed by atoms with Crippen molar-refractivity contribution in [2.45, 2.75) is 20.0 Å². The molecule has 0 bridgehead atoms. The number of allylic oxidation sites excluding steroid dienone is 1. The topological polar surface area (TPSA) is 51.7 Å². The van der Waals surface area contributed by atoms with E-state index in [0.717, 1.165) is 28.0 Å². The van der Waals surface area contributed by atoms with Crippen LogP contribution >= 0.6 is 0 Å². The quantitative estimate of drug-likeness (QED) is 0.604. The van der Waals surface area contributed by atoms with Crippen LogP contribution in [0.15, 0.2) is 60.6 Å². The lowest BCUT2D eigenvalue weighted by Gasteiger charge is -2.30. The van der Waals surface area contributed by atoms with Gasteiger partial charge in [0, 0.05) is 25.5 Å². The summed E-state index contributed by atoms with van der Waals surface area (Å²) in [6, 6.07) is 12.0. The number of aromatic nitrogens is 1. The first kappa shape index (κ1) is 18.5. The van der Waals surface area contributed by atoms with Crippen molar-refractivity contribution < 1.29 is 18.7 Å². The second-order valence-corrected chi connectivity index (χ2v) is 7.48. The van der Waals surface area contributed by atoms with E-state index in [0.29, 0.717) is 36.9 Å². The van der Waals surface area contributed by atoms with Gasteiger partial charge in [-0.2, -0.15) is 0 Å². The van der Waals surface area contributed by atoms with Gasteiger partial charge in [-0.15, -0.1) is 0 Å². The highest BCUT2D eigenvalue weighted by Gasteiger charge is 2.35. The average molecular weight is 402 g/mol. The van der Waals surface area contributed by atoms with E-state index in [1.807, 2.05) is 25.1 Å². The Bertz CT molecular complexity index is 1160. The molecule has 2 aliphatic heterocycles. The first-order chi connectivity index (χ1) is 14.6. The Balaban J connectivity index is 1.46. The van der Waals surface area contributed by atoms with E-state index in [2.05, 4.69) is 9.88 Å². The zero-order chi connectivity index (χ0) is 20.7. The van der Waals surface area contributed by atoms with Crippen LogP contribution in [0.4, 0.5) is 4.39 Å². The summed E-state index contributed by atoms with van der Waals surface area (Å²) in [6.45, 7) is 3.49. The standard InChI is InChI=1S/C24H19FN2O3/c1-15-10-20-19(13-27(14-29-20)12-17-2-4-18(25)5-3-17)24-22(15)23(28)21(30-24)11-16-6-8-26-9-7-16/h2-11H,12-14H2,1H3/b21-11-. The summed E-state index contributed by atoms with van der Waals surface area (Å²) in [5.74, 6) is 1.22. The van der Waals surface area contributed by atoms with E-state index in [4.69, 9.17) is 9.47 Å². The second kappa shape index (κ2) is 7.39. The zero-order valence-corrected chi connectivity index (χ0v) is 16.4. The van der Waals surface area contributed by atoms with Crippen LogP contribution < -0.4 is 9.47 Å². The third-order valence-electron chi connectivity index (χ3n) is 5.31. The molecule has 30 heavy (non-hydrogen) atoms. The molecule has 0 fully saturated rings. The van der Waals surface area contributed by atoms with Gasteiger partial charge >= 0.3 is 0 Å². The zero-order valence-electron chi connectivity index (χ0n) is 16.4. The molecule has 0 amide bonds. The maximum atomic E-state index is 13.2. The summed E-state index contributed by atoms with van der Waals surface area (Å²) in [5.41, 5.74) is 4.11. The number of carbonyl (C=O) groups excluding carboxylic acids is 1. The number of hydrogen-bond acceptors (Lipinski definition) is 5. The molecule has 0 N–H and O–H groups in total. The Hall–Kier alpha value is -3.51. The third-order valence-corrected chi connectivity index (χ3v) is 5.31. The Labute approximate surface area is 173 Å². The highest BCUT2D eigenvalue weighted by molar-refractivity contribution is 6.15. The molecule has 0 atom stereocenters. The minimum absolute atomic E-state index is 0.127. The van der Waals surface area contributed by atoms with E-state index < -0.39 is 0 Å². The Kier molecular flexibility index (Phi) is 4.56. The summed E-state index contributed by atoms with van der Waals surface area (Å²) in [5, 5.41) is 0. The maximum absolute atomic E-state index is 13.2. The van der Waals surface area contributed by atoms with Gasteiger partial charge in [0.2, 0.25) is 5.78 Å². The normalized spacial score (nSPS) is 16.7. The van der Waals surface area contributed by atoms with Gasteiger partial charge in [-0.05, 0) is 60.0 Å². The molecular weight excluding hydrogens is 383 g/mol. The van der Waals surface area contributed by atoms with Crippen LogP contribution in [0, 0.1) is 12.7 Å². The molecule has 150 valence electrons. The first-order valence-electron chi connectivity index (χ1n) is 9.69. The van der Waals surface area contributed by atoms with Crippen LogP contribution in [0.2, 0.25) is 0 Å². The number of hydrogen-bond donors (Lipinski definition) is 0. The minimum atomic E-state index is -0.257. The van der Waals surface area contributed by atoms with E-state index in [-0.39, 0.29) is 11.6 Å². The largest absolute Gasteiger partial charge is 0.478 e. The highest BCUT2D eigenvalue weighted by Crippen LogP contribution is 2.44. The van der Waals surface area contributed by atoms with Gasteiger partial charge in [-0.25, -0.2) is 4.39 Å². The Morgan fingerprint density at radius 3 is 2.70 bits per heavy atom. The van der Waals surface area contributed by atoms with E-state index >= 15 is 0 Å². The number of ketones is 1. The maximum Gasteiger partial charge on any atom is 0.232 e. The van der Waals surface area contributed by atoms with Crippen molar-refractivity contribution in [1.29, 1.82) is 0 Å². The first-order valence-corrected chi connectivity index (χ1v) is 9.69. The Morgan fingerprint density at radius 1 is 1.17 bits per heavy atom. The fourth-order valence-corrected chi connectivity index (χ4v) is 3.84. The third kappa shape index (κ3) is 3.35. The predicted molar refractivity (Wildman–Crippen MR) is 109 cm³/mol.